The minimum atomic E-state index is 0.688. The number of benzene rings is 7. The monoisotopic (exact) mass is 637 g/mol. The highest BCUT2D eigenvalue weighted by molar-refractivity contribution is 6.13. The normalized spacial score (nSPS) is 11.2. The van der Waals surface area contributed by atoms with Crippen molar-refractivity contribution in [2.75, 3.05) is 0 Å². The molecule has 0 saturated carbocycles. The fourth-order valence-corrected chi connectivity index (χ4v) is 6.77. The lowest BCUT2D eigenvalue weighted by molar-refractivity contribution is 1.18. The summed E-state index contributed by atoms with van der Waals surface area (Å²) < 4.78 is 0. The Morgan fingerprint density at radius 1 is 0.300 bits per heavy atom. The maximum atomic E-state index is 5.14. The van der Waals surface area contributed by atoms with Gasteiger partial charge in [0.05, 0.1) is 17.1 Å². The van der Waals surface area contributed by atoms with Gasteiger partial charge in [0.15, 0.2) is 5.82 Å². The van der Waals surface area contributed by atoms with Crippen LogP contribution in [0.2, 0.25) is 0 Å². The van der Waals surface area contributed by atoms with Crippen molar-refractivity contribution in [1.29, 1.82) is 0 Å². The van der Waals surface area contributed by atoms with E-state index in [1.165, 1.54) is 38.2 Å². The van der Waals surface area contributed by atoms with E-state index in [1.807, 2.05) is 30.5 Å². The first-order valence-corrected chi connectivity index (χ1v) is 16.8. The Hall–Kier alpha value is -6.71. The van der Waals surface area contributed by atoms with E-state index in [2.05, 4.69) is 163 Å². The van der Waals surface area contributed by atoms with Crippen LogP contribution in [0.15, 0.2) is 188 Å². The molecule has 9 rings (SSSR count). The van der Waals surface area contributed by atoms with Crippen LogP contribution in [0.3, 0.4) is 0 Å². The fourth-order valence-electron chi connectivity index (χ4n) is 6.77. The fraction of sp³-hybridized carbons (Fsp3) is 0. The molecule has 0 saturated heterocycles. The van der Waals surface area contributed by atoms with Crippen LogP contribution in [0.5, 0.6) is 0 Å². The minimum Gasteiger partial charge on any atom is -0.256 e. The molecule has 0 unspecified atom stereocenters. The summed E-state index contributed by atoms with van der Waals surface area (Å²) in [5, 5.41) is 5.01. The average molecular weight is 638 g/mol. The Kier molecular flexibility index (Phi) is 7.49. The lowest BCUT2D eigenvalue weighted by Gasteiger charge is -2.13. The maximum absolute atomic E-state index is 5.14. The number of nitrogens with zero attached hydrogens (tertiary/aromatic N) is 3. The largest absolute Gasteiger partial charge is 0.256 e. The van der Waals surface area contributed by atoms with Crippen molar-refractivity contribution in [3.8, 4) is 67.4 Å². The minimum absolute atomic E-state index is 0.688. The van der Waals surface area contributed by atoms with Gasteiger partial charge in [0.2, 0.25) is 0 Å². The van der Waals surface area contributed by atoms with Crippen molar-refractivity contribution in [1.82, 2.24) is 15.0 Å². The van der Waals surface area contributed by atoms with Crippen LogP contribution in [0.4, 0.5) is 0 Å². The van der Waals surface area contributed by atoms with Crippen LogP contribution >= 0.6 is 0 Å². The molecular weight excluding hydrogens is 607 g/mol. The quantitative estimate of drug-likeness (QED) is 0.170. The van der Waals surface area contributed by atoms with Gasteiger partial charge in [0.1, 0.15) is 0 Å². The van der Waals surface area contributed by atoms with E-state index in [-0.39, 0.29) is 0 Å². The van der Waals surface area contributed by atoms with Gasteiger partial charge in [-0.25, -0.2) is 9.97 Å². The van der Waals surface area contributed by atoms with E-state index < -0.39 is 0 Å². The lowest BCUT2D eigenvalue weighted by Crippen LogP contribution is -1.96. The third kappa shape index (κ3) is 5.61. The number of aromatic nitrogens is 3. The first-order valence-electron chi connectivity index (χ1n) is 16.8. The van der Waals surface area contributed by atoms with Gasteiger partial charge in [-0.3, -0.25) is 4.98 Å². The molecule has 0 aliphatic carbocycles. The molecule has 234 valence electrons. The second-order valence-electron chi connectivity index (χ2n) is 12.5. The predicted octanol–water partition coefficient (Wildman–Crippen LogP) is 12.2. The maximum Gasteiger partial charge on any atom is 0.160 e. The van der Waals surface area contributed by atoms with Gasteiger partial charge in [-0.1, -0.05) is 158 Å². The van der Waals surface area contributed by atoms with Crippen molar-refractivity contribution < 1.29 is 0 Å². The Morgan fingerprint density at radius 2 is 0.800 bits per heavy atom. The van der Waals surface area contributed by atoms with E-state index >= 15 is 0 Å². The van der Waals surface area contributed by atoms with Gasteiger partial charge < -0.3 is 0 Å². The highest BCUT2D eigenvalue weighted by Gasteiger charge is 2.13. The zero-order chi connectivity index (χ0) is 33.3. The van der Waals surface area contributed by atoms with Crippen LogP contribution in [0.25, 0.3) is 89.0 Å². The number of fused-ring (bicyclic) bond motifs is 3. The van der Waals surface area contributed by atoms with Crippen molar-refractivity contribution in [3.63, 3.8) is 0 Å². The summed E-state index contributed by atoms with van der Waals surface area (Å²) in [6, 6.07) is 63.8. The van der Waals surface area contributed by atoms with Crippen LogP contribution in [-0.2, 0) is 0 Å². The van der Waals surface area contributed by atoms with Crippen molar-refractivity contribution in [2.24, 2.45) is 0 Å². The molecule has 50 heavy (non-hydrogen) atoms. The molecule has 0 spiro atoms. The summed E-state index contributed by atoms with van der Waals surface area (Å²) >= 11 is 0. The first kappa shape index (κ1) is 29.4. The molecule has 0 atom stereocenters. The first-order chi connectivity index (χ1) is 24.8. The molecule has 3 nitrogen and oxygen atoms in total. The molecule has 0 bridgehead atoms. The van der Waals surface area contributed by atoms with Crippen LogP contribution in [0.1, 0.15) is 0 Å². The summed E-state index contributed by atoms with van der Waals surface area (Å²) in [5.74, 6) is 0.688. The van der Waals surface area contributed by atoms with Crippen LogP contribution in [-0.4, -0.2) is 15.0 Å². The molecule has 0 aliphatic heterocycles. The predicted molar refractivity (Wildman–Crippen MR) is 207 cm³/mol. The SMILES string of the molecule is c1ccc(-c2ccc(-c3cc(-c4ccc(-c5ccccn5)cc4)nc(-c4ccc(-c5cc6ccccc6c6ccccc56)cc4)n3)cc2)cc1. The van der Waals surface area contributed by atoms with Gasteiger partial charge in [0.25, 0.3) is 0 Å². The number of hydrogen-bond acceptors (Lipinski definition) is 3. The zero-order valence-corrected chi connectivity index (χ0v) is 27.2. The molecular formula is C47H31N3. The lowest BCUT2D eigenvalue weighted by atomic mass is 9.93. The van der Waals surface area contributed by atoms with E-state index in [0.717, 1.165) is 44.9 Å². The Bertz CT molecular complexity index is 2490. The van der Waals surface area contributed by atoms with E-state index in [0.29, 0.717) is 5.82 Å². The average Bonchev–Trinajstić information content (AvgIpc) is 3.21. The number of hydrogen-bond donors (Lipinski definition) is 0. The summed E-state index contributed by atoms with van der Waals surface area (Å²) in [4.78, 5) is 14.8. The Labute approximate surface area is 291 Å². The summed E-state index contributed by atoms with van der Waals surface area (Å²) in [5.41, 5.74) is 11.5. The van der Waals surface area contributed by atoms with E-state index in [1.54, 1.807) is 0 Å². The molecule has 3 heteroatoms. The molecule has 0 aliphatic rings. The van der Waals surface area contributed by atoms with E-state index in [4.69, 9.17) is 9.97 Å². The molecule has 2 aromatic heterocycles. The van der Waals surface area contributed by atoms with Crippen LogP contribution in [0, 0.1) is 0 Å². The number of rotatable bonds is 6. The molecule has 0 fully saturated rings. The Balaban J connectivity index is 1.13. The van der Waals surface area contributed by atoms with Gasteiger partial charge >= 0.3 is 0 Å². The summed E-state index contributed by atoms with van der Waals surface area (Å²) in [7, 11) is 0. The molecule has 9 aromatic rings. The molecule has 0 N–H and O–H groups in total. The molecule has 0 radical (unpaired) electrons. The van der Waals surface area contributed by atoms with E-state index in [9.17, 15) is 0 Å². The standard InChI is InChI=1S/C47H31N3/c1-2-10-32(11-3-1)33-17-21-36(22-18-33)45-31-46(37-25-23-35(24-26-37)44-16-8-9-29-48-44)50-47(49-45)38-27-19-34(20-28-38)43-30-39-12-4-5-13-40(39)41-14-6-7-15-42(41)43/h1-31H. The zero-order valence-electron chi connectivity index (χ0n) is 27.2. The van der Waals surface area contributed by atoms with Gasteiger partial charge in [0, 0.05) is 28.5 Å². The third-order valence-electron chi connectivity index (χ3n) is 9.38. The summed E-state index contributed by atoms with van der Waals surface area (Å²) in [6.45, 7) is 0. The Morgan fingerprint density at radius 3 is 1.46 bits per heavy atom. The third-order valence-corrected chi connectivity index (χ3v) is 9.38. The van der Waals surface area contributed by atoms with Crippen molar-refractivity contribution in [3.05, 3.63) is 188 Å². The smallest absolute Gasteiger partial charge is 0.160 e. The second kappa shape index (κ2) is 12.7. The van der Waals surface area contributed by atoms with Gasteiger partial charge in [-0.2, -0.15) is 0 Å². The van der Waals surface area contributed by atoms with Crippen molar-refractivity contribution in [2.45, 2.75) is 0 Å². The highest BCUT2D eigenvalue weighted by atomic mass is 14.9. The summed E-state index contributed by atoms with van der Waals surface area (Å²) in [6.07, 6.45) is 1.82. The second-order valence-corrected chi connectivity index (χ2v) is 12.5. The van der Waals surface area contributed by atoms with Crippen molar-refractivity contribution >= 4 is 21.5 Å². The molecule has 7 aromatic carbocycles. The molecule has 2 heterocycles. The highest BCUT2D eigenvalue weighted by Crippen LogP contribution is 2.36. The molecule has 0 amide bonds. The van der Waals surface area contributed by atoms with Gasteiger partial charge in [-0.05, 0) is 68.1 Å². The van der Waals surface area contributed by atoms with Crippen LogP contribution < -0.4 is 0 Å². The topological polar surface area (TPSA) is 38.7 Å². The number of pyridine rings is 1. The van der Waals surface area contributed by atoms with Gasteiger partial charge in [-0.15, -0.1) is 0 Å².